The quantitative estimate of drug-likeness (QED) is 0.727. The van der Waals surface area contributed by atoms with Crippen LogP contribution in [-0.4, -0.2) is 43.7 Å². The minimum Gasteiger partial charge on any atom is -0.341 e. The smallest absolute Gasteiger partial charge is 0.243 e. The molecular weight excluding hydrogens is 368 g/mol. The van der Waals surface area contributed by atoms with E-state index in [1.165, 1.54) is 0 Å². The normalized spacial score (nSPS) is 15.3. The first kappa shape index (κ1) is 19.1. The average Bonchev–Trinajstić information content (AvgIpc) is 3.34. The van der Waals surface area contributed by atoms with E-state index < -0.39 is 10.0 Å². The van der Waals surface area contributed by atoms with Gasteiger partial charge in [-0.1, -0.05) is 18.2 Å². The van der Waals surface area contributed by atoms with Gasteiger partial charge in [0, 0.05) is 31.4 Å². The van der Waals surface area contributed by atoms with Gasteiger partial charge in [-0.2, -0.15) is 4.31 Å². The lowest BCUT2D eigenvalue weighted by atomic mass is 10.1. The summed E-state index contributed by atoms with van der Waals surface area (Å²) in [5.41, 5.74) is 0.975. The molecule has 140 valence electrons. The number of nitrogens with zero attached hydrogens (tertiary/aromatic N) is 2. The summed E-state index contributed by atoms with van der Waals surface area (Å²) >= 11 is 1.64. The molecule has 1 aliphatic rings. The Morgan fingerprint density at radius 2 is 1.85 bits per heavy atom. The molecule has 26 heavy (non-hydrogen) atoms. The molecular formula is C19H24N2O3S2. The van der Waals surface area contributed by atoms with Crippen molar-refractivity contribution in [2.45, 2.75) is 37.1 Å². The predicted molar refractivity (Wildman–Crippen MR) is 104 cm³/mol. The number of rotatable bonds is 7. The van der Waals surface area contributed by atoms with Gasteiger partial charge in [-0.15, -0.1) is 11.3 Å². The molecule has 0 bridgehead atoms. The molecule has 1 saturated heterocycles. The highest BCUT2D eigenvalue weighted by Gasteiger charge is 2.26. The van der Waals surface area contributed by atoms with Crippen LogP contribution in [0.3, 0.4) is 0 Å². The molecule has 1 aromatic heterocycles. The summed E-state index contributed by atoms with van der Waals surface area (Å²) in [6.45, 7) is 1.84. The number of thiophene rings is 1. The first-order valence-corrected chi connectivity index (χ1v) is 11.1. The van der Waals surface area contributed by atoms with Crippen molar-refractivity contribution in [1.29, 1.82) is 0 Å². The van der Waals surface area contributed by atoms with Crippen molar-refractivity contribution >= 4 is 27.3 Å². The van der Waals surface area contributed by atoms with Gasteiger partial charge in [0.05, 0.1) is 11.4 Å². The lowest BCUT2D eigenvalue weighted by molar-refractivity contribution is -0.130. The Morgan fingerprint density at radius 3 is 2.46 bits per heavy atom. The molecule has 1 fully saturated rings. The van der Waals surface area contributed by atoms with E-state index in [-0.39, 0.29) is 5.91 Å². The van der Waals surface area contributed by atoms with Crippen LogP contribution in [0.5, 0.6) is 0 Å². The third-order valence-electron chi connectivity index (χ3n) is 4.65. The van der Waals surface area contributed by atoms with Crippen LogP contribution in [0.1, 0.15) is 29.7 Å². The van der Waals surface area contributed by atoms with E-state index in [1.54, 1.807) is 32.7 Å². The van der Waals surface area contributed by atoms with Gasteiger partial charge in [0.1, 0.15) is 0 Å². The summed E-state index contributed by atoms with van der Waals surface area (Å²) in [5, 5.41) is 2.01. The van der Waals surface area contributed by atoms with Crippen LogP contribution < -0.4 is 0 Å². The summed E-state index contributed by atoms with van der Waals surface area (Å²) in [6, 6.07) is 10.9. The molecule has 2 aromatic rings. The Morgan fingerprint density at radius 1 is 1.15 bits per heavy atom. The van der Waals surface area contributed by atoms with Crippen molar-refractivity contribution in [3.05, 3.63) is 52.2 Å². The molecule has 0 N–H and O–H groups in total. The minimum absolute atomic E-state index is 0.0900. The van der Waals surface area contributed by atoms with Crippen molar-refractivity contribution in [3.63, 3.8) is 0 Å². The van der Waals surface area contributed by atoms with Gasteiger partial charge in [0.25, 0.3) is 0 Å². The van der Waals surface area contributed by atoms with Crippen molar-refractivity contribution in [1.82, 2.24) is 9.21 Å². The van der Waals surface area contributed by atoms with E-state index in [0.29, 0.717) is 37.4 Å². The minimum atomic E-state index is -3.37. The lowest BCUT2D eigenvalue weighted by Crippen LogP contribution is -2.27. The van der Waals surface area contributed by atoms with Crippen LogP contribution in [0.2, 0.25) is 0 Å². The zero-order valence-electron chi connectivity index (χ0n) is 14.9. The van der Waals surface area contributed by atoms with Crippen molar-refractivity contribution < 1.29 is 13.2 Å². The van der Waals surface area contributed by atoms with Crippen LogP contribution in [0.4, 0.5) is 0 Å². The SMILES string of the molecule is CN(Cc1cccs1)C(=O)CCc1ccc(S(=O)(=O)N2CCCC2)cc1. The van der Waals surface area contributed by atoms with Crippen molar-refractivity contribution in [2.75, 3.05) is 20.1 Å². The molecule has 7 heteroatoms. The standard InChI is InChI=1S/C19H24N2O3S2/c1-20(15-17-5-4-14-25-17)19(22)11-8-16-6-9-18(10-7-16)26(23,24)21-12-2-3-13-21/h4-7,9-10,14H,2-3,8,11-13,15H2,1H3. The third-order valence-corrected chi connectivity index (χ3v) is 7.43. The zero-order valence-corrected chi connectivity index (χ0v) is 16.6. The molecule has 3 rings (SSSR count). The molecule has 1 amide bonds. The van der Waals surface area contributed by atoms with Gasteiger partial charge in [-0.05, 0) is 48.4 Å². The van der Waals surface area contributed by atoms with Gasteiger partial charge < -0.3 is 4.90 Å². The van der Waals surface area contributed by atoms with Gasteiger partial charge in [0.2, 0.25) is 15.9 Å². The topological polar surface area (TPSA) is 57.7 Å². The second kappa shape index (κ2) is 8.33. The first-order chi connectivity index (χ1) is 12.5. The Hall–Kier alpha value is -1.70. The maximum absolute atomic E-state index is 12.5. The van der Waals surface area contributed by atoms with E-state index in [9.17, 15) is 13.2 Å². The Bertz CT molecular complexity index is 824. The number of hydrogen-bond donors (Lipinski definition) is 0. The van der Waals surface area contributed by atoms with E-state index >= 15 is 0 Å². The van der Waals surface area contributed by atoms with E-state index in [1.807, 2.05) is 36.7 Å². The van der Waals surface area contributed by atoms with Gasteiger partial charge in [-0.3, -0.25) is 4.79 Å². The number of carbonyl (C=O) groups is 1. The molecule has 0 radical (unpaired) electrons. The second-order valence-electron chi connectivity index (χ2n) is 6.58. The maximum Gasteiger partial charge on any atom is 0.243 e. The Kier molecular flexibility index (Phi) is 6.11. The second-order valence-corrected chi connectivity index (χ2v) is 9.55. The fourth-order valence-corrected chi connectivity index (χ4v) is 5.35. The zero-order chi connectivity index (χ0) is 18.6. The Balaban J connectivity index is 1.55. The van der Waals surface area contributed by atoms with Gasteiger partial charge in [0.15, 0.2) is 0 Å². The summed E-state index contributed by atoms with van der Waals surface area (Å²) < 4.78 is 26.6. The monoisotopic (exact) mass is 392 g/mol. The Labute approximate surface area is 159 Å². The van der Waals surface area contributed by atoms with Crippen LogP contribution in [0.15, 0.2) is 46.7 Å². The van der Waals surface area contributed by atoms with Gasteiger partial charge >= 0.3 is 0 Å². The molecule has 0 aliphatic carbocycles. The van der Waals surface area contributed by atoms with Crippen LogP contribution in [-0.2, 0) is 27.8 Å². The van der Waals surface area contributed by atoms with Crippen LogP contribution in [0.25, 0.3) is 0 Å². The number of hydrogen-bond acceptors (Lipinski definition) is 4. The number of benzene rings is 1. The highest BCUT2D eigenvalue weighted by Crippen LogP contribution is 2.21. The molecule has 1 aromatic carbocycles. The molecule has 0 unspecified atom stereocenters. The average molecular weight is 393 g/mol. The van der Waals surface area contributed by atoms with E-state index in [4.69, 9.17) is 0 Å². The van der Waals surface area contributed by atoms with Crippen LogP contribution in [0, 0.1) is 0 Å². The number of sulfonamides is 1. The summed E-state index contributed by atoms with van der Waals surface area (Å²) in [4.78, 5) is 15.5. The first-order valence-electron chi connectivity index (χ1n) is 8.82. The predicted octanol–water partition coefficient (Wildman–Crippen LogP) is 3.12. The fraction of sp³-hybridized carbons (Fsp3) is 0.421. The van der Waals surface area contributed by atoms with Crippen molar-refractivity contribution in [2.24, 2.45) is 0 Å². The molecule has 2 heterocycles. The van der Waals surface area contributed by atoms with E-state index in [0.717, 1.165) is 23.3 Å². The summed E-state index contributed by atoms with van der Waals surface area (Å²) in [5.74, 6) is 0.0900. The highest BCUT2D eigenvalue weighted by molar-refractivity contribution is 7.89. The molecule has 0 spiro atoms. The molecule has 1 aliphatic heterocycles. The van der Waals surface area contributed by atoms with Crippen LogP contribution >= 0.6 is 11.3 Å². The molecule has 5 nitrogen and oxygen atoms in total. The third kappa shape index (κ3) is 4.52. The molecule has 0 saturated carbocycles. The highest BCUT2D eigenvalue weighted by atomic mass is 32.2. The number of amides is 1. The van der Waals surface area contributed by atoms with Crippen molar-refractivity contribution in [3.8, 4) is 0 Å². The van der Waals surface area contributed by atoms with E-state index in [2.05, 4.69) is 0 Å². The number of carbonyl (C=O) groups excluding carboxylic acids is 1. The van der Waals surface area contributed by atoms with Gasteiger partial charge in [-0.25, -0.2) is 8.42 Å². The molecule has 0 atom stereocenters. The fourth-order valence-electron chi connectivity index (χ4n) is 3.07. The largest absolute Gasteiger partial charge is 0.341 e. The summed E-state index contributed by atoms with van der Waals surface area (Å²) in [7, 11) is -1.56. The lowest BCUT2D eigenvalue weighted by Gasteiger charge is -2.17. The maximum atomic E-state index is 12.5. The summed E-state index contributed by atoms with van der Waals surface area (Å²) in [6.07, 6.45) is 2.88. The number of aryl methyl sites for hydroxylation is 1.